The second-order valence-electron chi connectivity index (χ2n) is 9.72. The molecule has 0 amide bonds. The number of fused-ring (bicyclic) bond motifs is 1. The summed E-state index contributed by atoms with van der Waals surface area (Å²) in [7, 11) is 1.60. The van der Waals surface area contributed by atoms with Crippen LogP contribution in [0.4, 0.5) is 0 Å². The number of likely N-dealkylation sites (N-methyl/N-ethyl adjacent to an activating group) is 1. The molecule has 0 bridgehead atoms. The van der Waals surface area contributed by atoms with Crippen molar-refractivity contribution < 1.29 is 64.5 Å². The van der Waals surface area contributed by atoms with E-state index >= 15 is 0 Å². The third-order valence-electron chi connectivity index (χ3n) is 7.42. The molecule has 0 aromatic heterocycles. The van der Waals surface area contributed by atoms with Crippen LogP contribution in [0.15, 0.2) is 0 Å². The van der Waals surface area contributed by atoms with E-state index in [4.69, 9.17) is 35.2 Å². The van der Waals surface area contributed by atoms with Crippen molar-refractivity contribution in [3.8, 4) is 0 Å². The van der Waals surface area contributed by atoms with Crippen molar-refractivity contribution in [3.05, 3.63) is 0 Å². The number of hydrogen-bond donors (Lipinski definition) is 11. The lowest BCUT2D eigenvalue weighted by Crippen LogP contribution is -2.69. The lowest BCUT2D eigenvalue weighted by molar-refractivity contribution is -0.439. The van der Waals surface area contributed by atoms with Crippen LogP contribution in [-0.4, -0.2) is 159 Å². The van der Waals surface area contributed by atoms with Crippen molar-refractivity contribution in [3.63, 3.8) is 0 Å². The largest absolute Gasteiger partial charge is 0.395 e. The van der Waals surface area contributed by atoms with Gasteiger partial charge >= 0.3 is 5.97 Å². The third kappa shape index (κ3) is 4.68. The molecule has 4 fully saturated rings. The topological polar surface area (TPSA) is 272 Å². The van der Waals surface area contributed by atoms with Crippen molar-refractivity contribution in [2.45, 2.75) is 104 Å². The zero-order valence-electron chi connectivity index (χ0n) is 19.6. The number of aliphatic hydroxyl groups excluding tert-OH is 8. The molecule has 1 saturated carbocycles. The van der Waals surface area contributed by atoms with Crippen molar-refractivity contribution in [2.24, 2.45) is 11.5 Å². The van der Waals surface area contributed by atoms with Gasteiger partial charge in [0, 0.05) is 12.1 Å². The highest BCUT2D eigenvalue weighted by Gasteiger charge is 2.67. The highest BCUT2D eigenvalue weighted by atomic mass is 16.9. The lowest BCUT2D eigenvalue weighted by atomic mass is 9.84. The molecule has 16 heteroatoms. The van der Waals surface area contributed by atoms with Gasteiger partial charge in [-0.3, -0.25) is 0 Å². The molecule has 3 saturated heterocycles. The van der Waals surface area contributed by atoms with E-state index in [2.05, 4.69) is 5.32 Å². The molecule has 16 nitrogen and oxygen atoms in total. The Hall–Kier alpha value is -0.640. The van der Waals surface area contributed by atoms with E-state index < -0.39 is 111 Å². The Bertz CT molecular complexity index is 756. The summed E-state index contributed by atoms with van der Waals surface area (Å²) in [6.07, 6.45) is -17.7. The molecule has 0 aromatic carbocycles. The standard InChI is InChI=1S/C20H37N3O13/c1-23-7-2-5(21)9(26)15(10(7)27)33-19-17-16(11(28)8(4-25)32-19)35-20(36-17)18(31)13(30)12(29)14(34-20)6(22)3-24/h5-19,23-31H,2-4,21-22H2,1H3/t5-,6+,7+,8-,9+,10-,11+,12+,13+,14?,15+,16+,17-,18-,19-,20+/m0/s1. The molecular formula is C20H37N3O13. The third-order valence-corrected chi connectivity index (χ3v) is 7.42. The summed E-state index contributed by atoms with van der Waals surface area (Å²) in [4.78, 5) is 0. The molecule has 36 heavy (non-hydrogen) atoms. The van der Waals surface area contributed by atoms with Gasteiger partial charge < -0.3 is 81.3 Å². The number of aliphatic hydroxyl groups is 8. The minimum absolute atomic E-state index is 0.254. The van der Waals surface area contributed by atoms with E-state index in [9.17, 15) is 40.9 Å². The van der Waals surface area contributed by atoms with Crippen LogP contribution >= 0.6 is 0 Å². The van der Waals surface area contributed by atoms with Crippen LogP contribution in [0.25, 0.3) is 0 Å². The van der Waals surface area contributed by atoms with Crippen LogP contribution in [0.1, 0.15) is 6.42 Å². The first-order valence-corrected chi connectivity index (χ1v) is 11.8. The van der Waals surface area contributed by atoms with Gasteiger partial charge in [-0.05, 0) is 13.5 Å². The molecule has 16 atom stereocenters. The maximum atomic E-state index is 10.7. The van der Waals surface area contributed by atoms with Gasteiger partial charge in [0.05, 0.1) is 31.5 Å². The Morgan fingerprint density at radius 1 is 0.944 bits per heavy atom. The van der Waals surface area contributed by atoms with E-state index in [-0.39, 0.29) is 6.42 Å². The Labute approximate surface area is 206 Å². The molecule has 13 N–H and O–H groups in total. The number of ether oxygens (including phenoxy) is 5. The van der Waals surface area contributed by atoms with Crippen LogP contribution in [-0.2, 0) is 23.7 Å². The van der Waals surface area contributed by atoms with Crippen molar-refractivity contribution in [2.75, 3.05) is 20.3 Å². The predicted molar refractivity (Wildman–Crippen MR) is 115 cm³/mol. The average molecular weight is 528 g/mol. The highest BCUT2D eigenvalue weighted by molar-refractivity contribution is 5.05. The normalized spacial score (nSPS) is 54.4. The summed E-state index contributed by atoms with van der Waals surface area (Å²) in [6.45, 7) is -1.33. The van der Waals surface area contributed by atoms with Gasteiger partial charge in [-0.15, -0.1) is 0 Å². The number of nitrogens with one attached hydrogen (secondary N) is 1. The molecule has 0 radical (unpaired) electrons. The van der Waals surface area contributed by atoms with E-state index in [0.717, 1.165) is 0 Å². The summed E-state index contributed by atoms with van der Waals surface area (Å²) in [6, 6.07) is -2.50. The summed E-state index contributed by atoms with van der Waals surface area (Å²) < 4.78 is 28.7. The fourth-order valence-corrected chi connectivity index (χ4v) is 5.23. The zero-order chi connectivity index (χ0) is 26.5. The van der Waals surface area contributed by atoms with E-state index in [0.29, 0.717) is 0 Å². The number of nitrogens with two attached hydrogens (primary N) is 2. The summed E-state index contributed by atoms with van der Waals surface area (Å²) in [5.41, 5.74) is 11.8. The average Bonchev–Trinajstić information content (AvgIpc) is 3.27. The second-order valence-corrected chi connectivity index (χ2v) is 9.72. The smallest absolute Gasteiger partial charge is 0.314 e. The zero-order valence-corrected chi connectivity index (χ0v) is 19.6. The molecular weight excluding hydrogens is 490 g/mol. The molecule has 0 aromatic rings. The lowest BCUT2D eigenvalue weighted by Gasteiger charge is -2.46. The van der Waals surface area contributed by atoms with Gasteiger partial charge in [0.1, 0.15) is 48.8 Å². The van der Waals surface area contributed by atoms with Gasteiger partial charge in [-0.1, -0.05) is 0 Å². The monoisotopic (exact) mass is 527 g/mol. The van der Waals surface area contributed by atoms with E-state index in [1.165, 1.54) is 0 Å². The van der Waals surface area contributed by atoms with Gasteiger partial charge in [0.25, 0.3) is 0 Å². The minimum atomic E-state index is -2.48. The molecule has 4 rings (SSSR count). The van der Waals surface area contributed by atoms with E-state index in [1.807, 2.05) is 0 Å². The van der Waals surface area contributed by atoms with Crippen LogP contribution in [0.2, 0.25) is 0 Å². The molecule has 3 heterocycles. The molecule has 1 aliphatic carbocycles. The summed E-state index contributed by atoms with van der Waals surface area (Å²) in [5, 5.41) is 85.6. The van der Waals surface area contributed by atoms with Crippen LogP contribution < -0.4 is 16.8 Å². The molecule has 3 aliphatic heterocycles. The molecule has 4 aliphatic rings. The first kappa shape index (κ1) is 28.4. The minimum Gasteiger partial charge on any atom is -0.395 e. The van der Waals surface area contributed by atoms with Crippen LogP contribution in [0.3, 0.4) is 0 Å². The first-order valence-electron chi connectivity index (χ1n) is 11.8. The Balaban J connectivity index is 1.62. The Morgan fingerprint density at radius 2 is 1.61 bits per heavy atom. The predicted octanol–water partition coefficient (Wildman–Crippen LogP) is -7.27. The van der Waals surface area contributed by atoms with Crippen molar-refractivity contribution in [1.82, 2.24) is 5.32 Å². The van der Waals surface area contributed by atoms with Gasteiger partial charge in [0.2, 0.25) is 0 Å². The quantitative estimate of drug-likeness (QED) is 0.153. The Kier molecular flexibility index (Phi) is 8.55. The molecule has 1 unspecified atom stereocenters. The maximum absolute atomic E-state index is 10.7. The SMILES string of the molecule is CN[C@@H]1C[C@H](N)[C@@H](O)[C@@H](O[C@@H]2O[C@@H](CO)[C@@H](O)[C@H]3O[C@@]4(OC([C@H](N)CO)[C@H](O)[C@@H](O)[C@@H]4O)O[C@H]23)[C@H]1O. The molecule has 210 valence electrons. The van der Waals surface area contributed by atoms with Crippen LogP contribution in [0, 0.1) is 0 Å². The van der Waals surface area contributed by atoms with Gasteiger partial charge in [-0.2, -0.15) is 0 Å². The van der Waals surface area contributed by atoms with E-state index in [1.54, 1.807) is 7.05 Å². The summed E-state index contributed by atoms with van der Waals surface area (Å²) >= 11 is 0. The fraction of sp³-hybridized carbons (Fsp3) is 1.00. The first-order chi connectivity index (χ1) is 17.0. The Morgan fingerprint density at radius 3 is 2.22 bits per heavy atom. The second kappa shape index (κ2) is 10.9. The highest BCUT2D eigenvalue weighted by Crippen LogP contribution is 2.45. The summed E-state index contributed by atoms with van der Waals surface area (Å²) in [5.74, 6) is -2.48. The molecule has 1 spiro atoms. The number of rotatable bonds is 6. The van der Waals surface area contributed by atoms with Crippen LogP contribution in [0.5, 0.6) is 0 Å². The van der Waals surface area contributed by atoms with Gasteiger partial charge in [-0.25, -0.2) is 0 Å². The van der Waals surface area contributed by atoms with Crippen molar-refractivity contribution in [1.29, 1.82) is 0 Å². The van der Waals surface area contributed by atoms with Crippen molar-refractivity contribution >= 4 is 0 Å². The number of hydrogen-bond acceptors (Lipinski definition) is 16. The van der Waals surface area contributed by atoms with Gasteiger partial charge in [0.15, 0.2) is 12.4 Å². The fourth-order valence-electron chi connectivity index (χ4n) is 5.23. The maximum Gasteiger partial charge on any atom is 0.314 e.